The molecule has 2 amide bonds. The van der Waals surface area contributed by atoms with Crippen molar-refractivity contribution >= 4 is 29.5 Å². The Balaban J connectivity index is 1.37. The fourth-order valence-electron chi connectivity index (χ4n) is 4.94. The van der Waals surface area contributed by atoms with Gasteiger partial charge in [0.25, 0.3) is 0 Å². The molecule has 0 bridgehead atoms. The third-order valence-electron chi connectivity index (χ3n) is 6.75. The van der Waals surface area contributed by atoms with Crippen LogP contribution >= 0.6 is 11.6 Å². The third-order valence-corrected chi connectivity index (χ3v) is 6.98. The number of hydrogen-bond donors (Lipinski definition) is 0. The molecule has 4 nitrogen and oxygen atoms in total. The molecule has 33 heavy (non-hydrogen) atoms. The van der Waals surface area contributed by atoms with Crippen LogP contribution in [-0.2, 0) is 22.6 Å². The maximum atomic E-state index is 13.2. The smallest absolute Gasteiger partial charge is 0.246 e. The fraction of sp³-hybridized carbons (Fsp3) is 0.407. The normalized spacial score (nSPS) is 21.2. The predicted molar refractivity (Wildman–Crippen MR) is 129 cm³/mol. The van der Waals surface area contributed by atoms with Crippen LogP contribution in [0.3, 0.4) is 0 Å². The zero-order chi connectivity index (χ0) is 23.4. The molecule has 4 rings (SSSR count). The average molecular weight is 469 g/mol. The lowest BCUT2D eigenvalue weighted by Crippen LogP contribution is -2.44. The molecule has 0 radical (unpaired) electrons. The summed E-state index contributed by atoms with van der Waals surface area (Å²) in [6.45, 7) is 4.08. The van der Waals surface area contributed by atoms with Crippen LogP contribution in [0, 0.1) is 11.7 Å². The molecule has 0 saturated carbocycles. The Hall–Kier alpha value is -2.66. The van der Waals surface area contributed by atoms with Crippen molar-refractivity contribution in [1.29, 1.82) is 0 Å². The van der Waals surface area contributed by atoms with Gasteiger partial charge in [-0.2, -0.15) is 0 Å². The van der Waals surface area contributed by atoms with Crippen LogP contribution in [0.4, 0.5) is 4.39 Å². The monoisotopic (exact) mass is 468 g/mol. The van der Waals surface area contributed by atoms with Gasteiger partial charge in [-0.3, -0.25) is 9.59 Å². The minimum atomic E-state index is -0.213. The molecule has 2 saturated heterocycles. The molecule has 0 N–H and O–H groups in total. The summed E-state index contributed by atoms with van der Waals surface area (Å²) in [5.74, 6) is 0.439. The summed E-state index contributed by atoms with van der Waals surface area (Å²) in [5.41, 5.74) is 3.00. The number of likely N-dealkylation sites (tertiary alicyclic amines) is 2. The van der Waals surface area contributed by atoms with E-state index in [1.165, 1.54) is 12.1 Å². The van der Waals surface area contributed by atoms with E-state index in [0.717, 1.165) is 48.9 Å². The molecule has 174 valence electrons. The van der Waals surface area contributed by atoms with E-state index in [1.807, 2.05) is 46.2 Å². The van der Waals surface area contributed by atoms with Crippen molar-refractivity contribution in [3.05, 3.63) is 76.1 Å². The Labute approximate surface area is 200 Å². The molecule has 2 aliphatic rings. The van der Waals surface area contributed by atoms with Crippen molar-refractivity contribution in [3.8, 4) is 0 Å². The fourth-order valence-corrected chi connectivity index (χ4v) is 5.14. The lowest BCUT2D eigenvalue weighted by atomic mass is 9.86. The Kier molecular flexibility index (Phi) is 7.49. The zero-order valence-electron chi connectivity index (χ0n) is 19.0. The predicted octanol–water partition coefficient (Wildman–Crippen LogP) is 5.48. The SMILES string of the molecule is CC1CC(Cc2ccc(F)cc2)CCN1C(=O)/C=C/c1ccc(Cl)cc1CN1CCCC1=O. The number of carbonyl (C=O) groups excluding carboxylic acids is 2. The molecule has 2 aliphatic heterocycles. The summed E-state index contributed by atoms with van der Waals surface area (Å²) < 4.78 is 13.2. The van der Waals surface area contributed by atoms with Crippen LogP contribution in [-0.4, -0.2) is 40.7 Å². The van der Waals surface area contributed by atoms with E-state index in [2.05, 4.69) is 6.92 Å². The summed E-state index contributed by atoms with van der Waals surface area (Å²) in [7, 11) is 0. The molecule has 2 heterocycles. The molecule has 2 aromatic carbocycles. The molecular weight excluding hydrogens is 439 g/mol. The first-order valence-corrected chi connectivity index (χ1v) is 12.1. The minimum absolute atomic E-state index is 0.000816. The summed E-state index contributed by atoms with van der Waals surface area (Å²) in [4.78, 5) is 28.8. The van der Waals surface area contributed by atoms with Gasteiger partial charge in [0.15, 0.2) is 0 Å². The van der Waals surface area contributed by atoms with Gasteiger partial charge in [0, 0.05) is 43.2 Å². The van der Waals surface area contributed by atoms with Gasteiger partial charge in [0.2, 0.25) is 11.8 Å². The quantitative estimate of drug-likeness (QED) is 0.526. The topological polar surface area (TPSA) is 40.6 Å². The summed E-state index contributed by atoms with van der Waals surface area (Å²) in [6, 6.07) is 12.4. The van der Waals surface area contributed by atoms with Crippen LogP contribution in [0.2, 0.25) is 5.02 Å². The van der Waals surface area contributed by atoms with Gasteiger partial charge in [-0.25, -0.2) is 4.39 Å². The third kappa shape index (κ3) is 6.02. The van der Waals surface area contributed by atoms with E-state index in [1.54, 1.807) is 6.08 Å². The largest absolute Gasteiger partial charge is 0.338 e. The van der Waals surface area contributed by atoms with Gasteiger partial charge in [-0.1, -0.05) is 29.8 Å². The molecule has 2 aromatic rings. The first-order valence-electron chi connectivity index (χ1n) is 11.7. The minimum Gasteiger partial charge on any atom is -0.338 e. The Morgan fingerprint density at radius 3 is 2.67 bits per heavy atom. The number of nitrogens with zero attached hydrogens (tertiary/aromatic N) is 2. The number of rotatable bonds is 6. The highest BCUT2D eigenvalue weighted by Crippen LogP contribution is 2.27. The van der Waals surface area contributed by atoms with Gasteiger partial charge >= 0.3 is 0 Å². The highest BCUT2D eigenvalue weighted by atomic mass is 35.5. The lowest BCUT2D eigenvalue weighted by Gasteiger charge is -2.37. The number of halogens is 2. The summed E-state index contributed by atoms with van der Waals surface area (Å²) >= 11 is 6.20. The number of carbonyl (C=O) groups is 2. The van der Waals surface area contributed by atoms with Gasteiger partial charge in [0.1, 0.15) is 5.82 Å². The lowest BCUT2D eigenvalue weighted by molar-refractivity contribution is -0.130. The van der Waals surface area contributed by atoms with Gasteiger partial charge in [-0.05, 0) is 85.6 Å². The number of piperidine rings is 1. The van der Waals surface area contributed by atoms with Crippen molar-refractivity contribution in [2.45, 2.75) is 51.6 Å². The van der Waals surface area contributed by atoms with Crippen molar-refractivity contribution in [2.75, 3.05) is 13.1 Å². The molecular formula is C27H30ClFN2O2. The first-order chi connectivity index (χ1) is 15.9. The molecule has 0 spiro atoms. The summed E-state index contributed by atoms with van der Waals surface area (Å²) in [5, 5.41) is 0.622. The van der Waals surface area contributed by atoms with Crippen LogP contribution in [0.5, 0.6) is 0 Å². The van der Waals surface area contributed by atoms with E-state index in [4.69, 9.17) is 11.6 Å². The van der Waals surface area contributed by atoms with Crippen molar-refractivity contribution in [2.24, 2.45) is 5.92 Å². The maximum Gasteiger partial charge on any atom is 0.246 e. The Morgan fingerprint density at radius 2 is 1.97 bits per heavy atom. The first kappa shape index (κ1) is 23.5. The van der Waals surface area contributed by atoms with Gasteiger partial charge in [0.05, 0.1) is 0 Å². The molecule has 2 unspecified atom stereocenters. The molecule has 2 atom stereocenters. The summed E-state index contributed by atoms with van der Waals surface area (Å²) in [6.07, 6.45) is 7.73. The Morgan fingerprint density at radius 1 is 1.18 bits per heavy atom. The van der Waals surface area contributed by atoms with E-state index in [0.29, 0.717) is 30.5 Å². The second-order valence-electron chi connectivity index (χ2n) is 9.20. The van der Waals surface area contributed by atoms with Crippen molar-refractivity contribution in [1.82, 2.24) is 9.80 Å². The van der Waals surface area contributed by atoms with E-state index < -0.39 is 0 Å². The molecule has 2 fully saturated rings. The molecule has 6 heteroatoms. The number of amides is 2. The van der Waals surface area contributed by atoms with E-state index in [-0.39, 0.29) is 23.7 Å². The second kappa shape index (κ2) is 10.5. The van der Waals surface area contributed by atoms with E-state index >= 15 is 0 Å². The van der Waals surface area contributed by atoms with Crippen LogP contribution in [0.1, 0.15) is 49.3 Å². The number of hydrogen-bond acceptors (Lipinski definition) is 2. The molecule has 0 aromatic heterocycles. The highest BCUT2D eigenvalue weighted by Gasteiger charge is 2.28. The van der Waals surface area contributed by atoms with Crippen molar-refractivity contribution < 1.29 is 14.0 Å². The second-order valence-corrected chi connectivity index (χ2v) is 9.63. The van der Waals surface area contributed by atoms with E-state index in [9.17, 15) is 14.0 Å². The van der Waals surface area contributed by atoms with Gasteiger partial charge in [-0.15, -0.1) is 0 Å². The van der Waals surface area contributed by atoms with Crippen molar-refractivity contribution in [3.63, 3.8) is 0 Å². The molecule has 0 aliphatic carbocycles. The van der Waals surface area contributed by atoms with Crippen LogP contribution in [0.25, 0.3) is 6.08 Å². The highest BCUT2D eigenvalue weighted by molar-refractivity contribution is 6.30. The Bertz CT molecular complexity index is 1040. The number of benzene rings is 2. The maximum absolute atomic E-state index is 13.2. The van der Waals surface area contributed by atoms with Crippen LogP contribution < -0.4 is 0 Å². The van der Waals surface area contributed by atoms with Crippen LogP contribution in [0.15, 0.2) is 48.5 Å². The zero-order valence-corrected chi connectivity index (χ0v) is 19.7. The standard InChI is InChI=1S/C27H30ClFN2O2/c1-19-15-21(16-20-4-9-25(29)10-5-20)12-14-31(19)27(33)11-7-22-6-8-24(28)17-23(22)18-30-13-2-3-26(30)32/h4-11,17,19,21H,2-3,12-16,18H2,1H3/b11-7+. The van der Waals surface area contributed by atoms with Gasteiger partial charge < -0.3 is 9.80 Å². The average Bonchev–Trinajstić information content (AvgIpc) is 3.19.